The normalized spacial score (nSPS) is 11.7. The Kier molecular flexibility index (Phi) is 6.01. The Balaban J connectivity index is 1.96. The minimum Gasteiger partial charge on any atom is -0.378 e. The molecule has 0 spiro atoms. The van der Waals surface area contributed by atoms with E-state index in [0.717, 1.165) is 26.9 Å². The van der Waals surface area contributed by atoms with Crippen molar-refractivity contribution in [3.8, 4) is 5.75 Å². The average molecular weight is 458 g/mol. The highest BCUT2D eigenvalue weighted by Gasteiger charge is 2.18. The molecule has 0 aliphatic carbocycles. The summed E-state index contributed by atoms with van der Waals surface area (Å²) in [5, 5.41) is 0. The van der Waals surface area contributed by atoms with Gasteiger partial charge in [-0.3, -0.25) is 4.99 Å². The summed E-state index contributed by atoms with van der Waals surface area (Å²) in [6, 6.07) is 17.7. The van der Waals surface area contributed by atoms with Crippen LogP contribution >= 0.6 is 15.9 Å². The van der Waals surface area contributed by atoms with Crippen molar-refractivity contribution in [1.29, 1.82) is 0 Å². The van der Waals surface area contributed by atoms with E-state index in [2.05, 4.69) is 20.9 Å². The summed E-state index contributed by atoms with van der Waals surface area (Å²) in [6.07, 6.45) is 1.62. The number of rotatable bonds is 5. The first-order valence-corrected chi connectivity index (χ1v) is 10.9. The van der Waals surface area contributed by atoms with Crippen LogP contribution in [0.2, 0.25) is 0 Å². The van der Waals surface area contributed by atoms with Gasteiger partial charge in [0.25, 0.3) is 0 Å². The maximum atomic E-state index is 12.6. The summed E-state index contributed by atoms with van der Waals surface area (Å²) in [5.41, 5.74) is 4.50. The Hall–Kier alpha value is -2.44. The molecule has 0 amide bonds. The summed E-state index contributed by atoms with van der Waals surface area (Å²) >= 11 is 3.41. The van der Waals surface area contributed by atoms with Gasteiger partial charge in [-0.25, -0.2) is 0 Å². The van der Waals surface area contributed by atoms with E-state index in [9.17, 15) is 8.42 Å². The predicted octanol–water partition coefficient (Wildman–Crippen LogP) is 5.89. The predicted molar refractivity (Wildman–Crippen MR) is 116 cm³/mol. The van der Waals surface area contributed by atoms with Gasteiger partial charge in [0.1, 0.15) is 4.90 Å². The fourth-order valence-corrected chi connectivity index (χ4v) is 3.90. The van der Waals surface area contributed by atoms with Gasteiger partial charge < -0.3 is 4.18 Å². The first-order valence-electron chi connectivity index (χ1n) is 8.67. The highest BCUT2D eigenvalue weighted by atomic mass is 79.9. The van der Waals surface area contributed by atoms with Gasteiger partial charge in [0.15, 0.2) is 5.75 Å². The Morgan fingerprint density at radius 3 is 2.29 bits per heavy atom. The highest BCUT2D eigenvalue weighted by Crippen LogP contribution is 2.27. The second kappa shape index (κ2) is 8.29. The molecule has 0 saturated carbocycles. The van der Waals surface area contributed by atoms with Crippen molar-refractivity contribution in [2.45, 2.75) is 25.7 Å². The fraction of sp³-hybridized carbons (Fsp3) is 0.136. The van der Waals surface area contributed by atoms with E-state index in [1.165, 1.54) is 12.1 Å². The molecule has 3 aromatic carbocycles. The lowest BCUT2D eigenvalue weighted by molar-refractivity contribution is 0.485. The summed E-state index contributed by atoms with van der Waals surface area (Å²) in [7, 11) is -3.94. The third kappa shape index (κ3) is 4.88. The topological polar surface area (TPSA) is 55.7 Å². The van der Waals surface area contributed by atoms with Gasteiger partial charge in [-0.1, -0.05) is 45.8 Å². The smallest absolute Gasteiger partial charge is 0.339 e. The number of aryl methyl sites for hydroxylation is 3. The molecule has 0 aromatic heterocycles. The molecule has 6 heteroatoms. The summed E-state index contributed by atoms with van der Waals surface area (Å²) in [6.45, 7) is 5.88. The molecule has 0 aliphatic rings. The minimum absolute atomic E-state index is 0.110. The van der Waals surface area contributed by atoms with Crippen molar-refractivity contribution >= 4 is 38.0 Å². The first-order chi connectivity index (χ1) is 13.2. The van der Waals surface area contributed by atoms with Crippen molar-refractivity contribution in [3.63, 3.8) is 0 Å². The van der Waals surface area contributed by atoms with Crippen LogP contribution in [-0.4, -0.2) is 14.6 Å². The van der Waals surface area contributed by atoms with E-state index in [0.29, 0.717) is 5.56 Å². The van der Waals surface area contributed by atoms with E-state index < -0.39 is 10.1 Å². The lowest BCUT2D eigenvalue weighted by Gasteiger charge is -2.10. The van der Waals surface area contributed by atoms with Gasteiger partial charge in [-0.05, 0) is 68.3 Å². The largest absolute Gasteiger partial charge is 0.378 e. The van der Waals surface area contributed by atoms with Crippen molar-refractivity contribution in [1.82, 2.24) is 0 Å². The van der Waals surface area contributed by atoms with Crippen molar-refractivity contribution < 1.29 is 12.6 Å². The maximum Gasteiger partial charge on any atom is 0.339 e. The molecule has 0 bridgehead atoms. The molecule has 0 fully saturated rings. The molecule has 28 heavy (non-hydrogen) atoms. The standard InChI is InChI=1S/C22H20BrNO3S/c1-15-5-9-20(10-6-15)28(25,26)27-22-11-8-19(23)13-18(22)14-24-21-12-16(2)4-7-17(21)3/h4-14H,1-3H3. The van der Waals surface area contributed by atoms with Crippen molar-refractivity contribution in [3.05, 3.63) is 87.4 Å². The molecule has 0 N–H and O–H groups in total. The summed E-state index contributed by atoms with van der Waals surface area (Å²) in [5.74, 6) is 0.220. The Morgan fingerprint density at radius 1 is 0.893 bits per heavy atom. The SMILES string of the molecule is Cc1ccc(S(=O)(=O)Oc2ccc(Br)cc2C=Nc2cc(C)ccc2C)cc1. The first kappa shape index (κ1) is 20.3. The molecule has 0 saturated heterocycles. The van der Waals surface area contributed by atoms with Crippen LogP contribution in [0.3, 0.4) is 0 Å². The second-order valence-corrected chi connectivity index (χ2v) is 9.04. The molecule has 0 aliphatic heterocycles. The van der Waals surface area contributed by atoms with Gasteiger partial charge in [-0.15, -0.1) is 0 Å². The number of nitrogens with zero attached hydrogens (tertiary/aromatic N) is 1. The van der Waals surface area contributed by atoms with Crippen LogP contribution in [0.5, 0.6) is 5.75 Å². The minimum atomic E-state index is -3.94. The number of benzene rings is 3. The zero-order valence-corrected chi connectivity index (χ0v) is 18.2. The Labute approximate surface area is 174 Å². The number of hydrogen-bond acceptors (Lipinski definition) is 4. The third-order valence-corrected chi connectivity index (χ3v) is 5.93. The van der Waals surface area contributed by atoms with Crippen LogP contribution in [0.15, 0.2) is 75.0 Å². The molecule has 0 heterocycles. The van der Waals surface area contributed by atoms with E-state index >= 15 is 0 Å². The molecule has 0 unspecified atom stereocenters. The number of hydrogen-bond donors (Lipinski definition) is 0. The van der Waals surface area contributed by atoms with Crippen LogP contribution in [0.1, 0.15) is 22.3 Å². The lowest BCUT2D eigenvalue weighted by Crippen LogP contribution is -2.11. The number of halogens is 1. The quantitative estimate of drug-likeness (QED) is 0.354. The van der Waals surface area contributed by atoms with E-state index in [1.54, 1.807) is 36.5 Å². The molecule has 4 nitrogen and oxygen atoms in total. The third-order valence-electron chi connectivity index (χ3n) is 4.19. The maximum absolute atomic E-state index is 12.6. The van der Waals surface area contributed by atoms with Crippen molar-refractivity contribution in [2.75, 3.05) is 0 Å². The lowest BCUT2D eigenvalue weighted by atomic mass is 10.1. The van der Waals surface area contributed by atoms with Crippen LogP contribution in [0.4, 0.5) is 5.69 Å². The zero-order valence-electron chi connectivity index (χ0n) is 15.8. The van der Waals surface area contributed by atoms with E-state index in [4.69, 9.17) is 4.18 Å². The molecule has 144 valence electrons. The van der Waals surface area contributed by atoms with Gasteiger partial charge >= 0.3 is 10.1 Å². The van der Waals surface area contributed by atoms with Gasteiger partial charge in [-0.2, -0.15) is 8.42 Å². The van der Waals surface area contributed by atoms with Gasteiger partial charge in [0.05, 0.1) is 5.69 Å². The Bertz CT molecular complexity index is 1140. The van der Waals surface area contributed by atoms with E-state index in [1.807, 2.05) is 39.0 Å². The molecular weight excluding hydrogens is 438 g/mol. The fourth-order valence-electron chi connectivity index (χ4n) is 2.56. The highest BCUT2D eigenvalue weighted by molar-refractivity contribution is 9.10. The zero-order chi connectivity index (χ0) is 20.3. The Morgan fingerprint density at radius 2 is 1.57 bits per heavy atom. The van der Waals surface area contributed by atoms with Crippen LogP contribution < -0.4 is 4.18 Å². The average Bonchev–Trinajstić information content (AvgIpc) is 2.64. The van der Waals surface area contributed by atoms with Crippen molar-refractivity contribution in [2.24, 2.45) is 4.99 Å². The summed E-state index contributed by atoms with van der Waals surface area (Å²) in [4.78, 5) is 4.64. The van der Waals surface area contributed by atoms with Crippen LogP contribution in [0, 0.1) is 20.8 Å². The monoisotopic (exact) mass is 457 g/mol. The molecule has 0 atom stereocenters. The summed E-state index contributed by atoms with van der Waals surface area (Å²) < 4.78 is 31.5. The molecule has 3 rings (SSSR count). The molecule has 0 radical (unpaired) electrons. The number of aliphatic imine (C=N–C) groups is 1. The van der Waals surface area contributed by atoms with Gasteiger partial charge in [0.2, 0.25) is 0 Å². The van der Waals surface area contributed by atoms with Gasteiger partial charge in [0, 0.05) is 16.3 Å². The molecule has 3 aromatic rings. The second-order valence-electron chi connectivity index (χ2n) is 6.58. The van der Waals surface area contributed by atoms with Crippen LogP contribution in [-0.2, 0) is 10.1 Å². The van der Waals surface area contributed by atoms with Crippen LogP contribution in [0.25, 0.3) is 0 Å². The molecular formula is C22H20BrNO3S. The van der Waals surface area contributed by atoms with E-state index in [-0.39, 0.29) is 10.6 Å².